The summed E-state index contributed by atoms with van der Waals surface area (Å²) >= 11 is 1.83. The molecule has 3 aliphatic rings. The van der Waals surface area contributed by atoms with Gasteiger partial charge in [0.2, 0.25) is 0 Å². The van der Waals surface area contributed by atoms with Crippen molar-refractivity contribution in [2.24, 2.45) is 5.92 Å². The third kappa shape index (κ3) is 6.68. The molecule has 9 nitrogen and oxygen atoms in total. The van der Waals surface area contributed by atoms with Crippen molar-refractivity contribution in [2.75, 3.05) is 13.1 Å². The Kier molecular flexibility index (Phi) is 8.24. The number of fused-ring (bicyclic) bond motifs is 1. The number of rotatable bonds is 4. The lowest BCUT2D eigenvalue weighted by Crippen LogP contribution is -2.53. The Morgan fingerprint density at radius 3 is 2.51 bits per heavy atom. The fraction of sp³-hybridized carbons (Fsp3) is 0.667. The summed E-state index contributed by atoms with van der Waals surface area (Å²) in [6.07, 6.45) is 1.70. The maximum Gasteiger partial charge on any atom is 0.490 e. The number of aliphatic carboxylic acids is 1. The average Bonchev–Trinajstić information content (AvgIpc) is 3.44. The van der Waals surface area contributed by atoms with Crippen molar-refractivity contribution in [3.63, 3.8) is 0 Å². The van der Waals surface area contributed by atoms with Gasteiger partial charge in [0, 0.05) is 35.9 Å². The number of aromatic nitrogens is 3. The normalized spacial score (nSPS) is 22.5. The van der Waals surface area contributed by atoms with Crippen LogP contribution in [-0.2, 0) is 35.8 Å². The van der Waals surface area contributed by atoms with Crippen LogP contribution in [0.25, 0.3) is 0 Å². The molecule has 2 aromatic rings. The number of carboxylic acid groups (broad SMARTS) is 1. The topological polar surface area (TPSA) is 107 Å². The zero-order valence-electron chi connectivity index (χ0n) is 20.6. The summed E-state index contributed by atoms with van der Waals surface area (Å²) in [6.45, 7) is 6.03. The average molecular weight is 545 g/mol. The second kappa shape index (κ2) is 11.1. The number of alkyl halides is 3. The van der Waals surface area contributed by atoms with Crippen LogP contribution in [0.5, 0.6) is 0 Å². The highest BCUT2D eigenvalue weighted by Crippen LogP contribution is 2.32. The molecule has 0 radical (unpaired) electrons. The van der Waals surface area contributed by atoms with Crippen molar-refractivity contribution in [1.82, 2.24) is 19.2 Å². The Bertz CT molecular complexity index is 1230. The molecule has 37 heavy (non-hydrogen) atoms. The first-order valence-corrected chi connectivity index (χ1v) is 13.2. The molecule has 2 aliphatic heterocycles. The number of likely N-dealkylation sites (tertiary alicyclic amines) is 1. The summed E-state index contributed by atoms with van der Waals surface area (Å²) in [6, 6.07) is 4.34. The Balaban J connectivity index is 0.000000405. The van der Waals surface area contributed by atoms with Gasteiger partial charge < -0.3 is 9.84 Å². The van der Waals surface area contributed by atoms with Gasteiger partial charge in [0.15, 0.2) is 5.82 Å². The molecule has 1 N–H and O–H groups in total. The first-order chi connectivity index (χ1) is 17.5. The van der Waals surface area contributed by atoms with Crippen LogP contribution in [0.15, 0.2) is 21.7 Å². The van der Waals surface area contributed by atoms with Gasteiger partial charge in [0.05, 0.1) is 6.54 Å². The number of halogens is 3. The molecule has 1 unspecified atom stereocenters. The molecule has 5 rings (SSSR count). The third-order valence-corrected chi connectivity index (χ3v) is 8.12. The van der Waals surface area contributed by atoms with Gasteiger partial charge in [0.1, 0.15) is 12.2 Å². The second-order valence-corrected chi connectivity index (χ2v) is 11.4. The molecule has 2 fully saturated rings. The number of aryl methyl sites for hydroxylation is 1. The van der Waals surface area contributed by atoms with Gasteiger partial charge in [-0.05, 0) is 44.2 Å². The van der Waals surface area contributed by atoms with Gasteiger partial charge in [-0.25, -0.2) is 9.48 Å². The summed E-state index contributed by atoms with van der Waals surface area (Å²) in [5.74, 6) is -1.72. The van der Waals surface area contributed by atoms with Gasteiger partial charge in [-0.2, -0.15) is 18.3 Å². The van der Waals surface area contributed by atoms with Crippen molar-refractivity contribution >= 4 is 17.3 Å². The number of ether oxygens (including phenoxy) is 1. The van der Waals surface area contributed by atoms with E-state index in [0.717, 1.165) is 38.9 Å². The summed E-state index contributed by atoms with van der Waals surface area (Å²) < 4.78 is 41.0. The number of carboxylic acids is 1. The molecule has 0 bridgehead atoms. The van der Waals surface area contributed by atoms with Crippen LogP contribution in [0.2, 0.25) is 0 Å². The van der Waals surface area contributed by atoms with E-state index in [1.807, 2.05) is 11.3 Å². The lowest BCUT2D eigenvalue weighted by molar-refractivity contribution is -0.192. The Hall–Kier alpha value is -2.51. The highest BCUT2D eigenvalue weighted by Gasteiger charge is 2.43. The van der Waals surface area contributed by atoms with Crippen LogP contribution in [0.1, 0.15) is 54.1 Å². The predicted octanol–water partition coefficient (Wildman–Crippen LogP) is 3.16. The Labute approximate surface area is 215 Å². The molecule has 2 aromatic heterocycles. The van der Waals surface area contributed by atoms with Crippen molar-refractivity contribution in [3.05, 3.63) is 48.4 Å². The van der Waals surface area contributed by atoms with Crippen LogP contribution in [0, 0.1) is 12.8 Å². The number of hydrogen-bond donors (Lipinski definition) is 1. The summed E-state index contributed by atoms with van der Waals surface area (Å²) in [4.78, 5) is 39.6. The second-order valence-electron chi connectivity index (χ2n) is 10.0. The summed E-state index contributed by atoms with van der Waals surface area (Å²) in [5, 5.41) is 11.7. The Morgan fingerprint density at radius 1 is 1.19 bits per heavy atom. The van der Waals surface area contributed by atoms with Gasteiger partial charge in [-0.3, -0.25) is 19.1 Å². The number of thiophene rings is 1. The molecule has 1 saturated carbocycles. The minimum Gasteiger partial charge on any atom is -0.475 e. The van der Waals surface area contributed by atoms with Crippen molar-refractivity contribution in [2.45, 2.75) is 83.5 Å². The smallest absolute Gasteiger partial charge is 0.475 e. The molecule has 1 saturated heterocycles. The molecule has 13 heteroatoms. The van der Waals surface area contributed by atoms with Crippen molar-refractivity contribution < 1.29 is 27.8 Å². The van der Waals surface area contributed by atoms with Gasteiger partial charge in [-0.15, -0.1) is 11.3 Å². The predicted molar refractivity (Wildman–Crippen MR) is 129 cm³/mol. The zero-order valence-corrected chi connectivity index (χ0v) is 21.4. The van der Waals surface area contributed by atoms with Gasteiger partial charge in [0.25, 0.3) is 0 Å². The van der Waals surface area contributed by atoms with E-state index in [-0.39, 0.29) is 0 Å². The van der Waals surface area contributed by atoms with Gasteiger partial charge in [-0.1, -0.05) is 19.3 Å². The zero-order chi connectivity index (χ0) is 26.8. The first kappa shape index (κ1) is 27.5. The van der Waals surface area contributed by atoms with E-state index in [1.165, 1.54) is 33.7 Å². The van der Waals surface area contributed by atoms with E-state index < -0.39 is 28.9 Å². The molecular weight excluding hydrogens is 513 g/mol. The summed E-state index contributed by atoms with van der Waals surface area (Å²) in [7, 11) is 0. The van der Waals surface area contributed by atoms with E-state index >= 15 is 0 Å². The molecule has 0 amide bonds. The third-order valence-electron chi connectivity index (χ3n) is 7.13. The molecule has 1 spiro atoms. The highest BCUT2D eigenvalue weighted by atomic mass is 32.1. The highest BCUT2D eigenvalue weighted by molar-refractivity contribution is 7.11. The largest absolute Gasteiger partial charge is 0.490 e. The standard InChI is InChI=1S/C22H30N4O3S.C2HF3O2/c1-16-7-8-18(30-16)12-24-10-9-22(14-24)15-25-19(13-29-22)23-26(21(28)20(25)27)11-17-5-3-2-4-6-17;3-2(4,5)1(6)7/h7-8,17H,2-6,9-15H2,1H3;(H,6,7). The Morgan fingerprint density at radius 2 is 1.89 bits per heavy atom. The van der Waals surface area contributed by atoms with E-state index in [9.17, 15) is 22.8 Å². The van der Waals surface area contributed by atoms with E-state index in [4.69, 9.17) is 14.6 Å². The number of hydrogen-bond acceptors (Lipinski definition) is 7. The monoisotopic (exact) mass is 544 g/mol. The quantitative estimate of drug-likeness (QED) is 0.590. The fourth-order valence-corrected chi connectivity index (χ4v) is 6.17. The van der Waals surface area contributed by atoms with Crippen LogP contribution in [-0.4, -0.2) is 55.2 Å². The van der Waals surface area contributed by atoms with Gasteiger partial charge >= 0.3 is 23.3 Å². The van der Waals surface area contributed by atoms with E-state index in [1.54, 1.807) is 4.57 Å². The molecular formula is C24H31F3N4O5S. The maximum atomic E-state index is 12.9. The van der Waals surface area contributed by atoms with Crippen LogP contribution < -0.4 is 11.1 Å². The number of nitrogens with zero attached hydrogens (tertiary/aromatic N) is 4. The first-order valence-electron chi connectivity index (χ1n) is 12.4. The molecule has 204 valence electrons. The number of carbonyl (C=O) groups is 1. The molecule has 4 heterocycles. The maximum absolute atomic E-state index is 12.9. The van der Waals surface area contributed by atoms with E-state index in [2.05, 4.69) is 29.1 Å². The van der Waals surface area contributed by atoms with Crippen LogP contribution in [0.4, 0.5) is 13.2 Å². The lowest BCUT2D eigenvalue weighted by Gasteiger charge is -2.35. The van der Waals surface area contributed by atoms with Crippen LogP contribution >= 0.6 is 11.3 Å². The van der Waals surface area contributed by atoms with E-state index in [0.29, 0.717) is 31.4 Å². The van der Waals surface area contributed by atoms with Crippen molar-refractivity contribution in [1.29, 1.82) is 0 Å². The van der Waals surface area contributed by atoms with Crippen LogP contribution in [0.3, 0.4) is 0 Å². The minimum absolute atomic E-state index is 0.298. The molecule has 1 atom stereocenters. The fourth-order valence-electron chi connectivity index (χ4n) is 5.24. The lowest BCUT2D eigenvalue weighted by atomic mass is 9.89. The SMILES string of the molecule is Cc1ccc(CN2CCC3(C2)Cn2c(nn(CC4CCCCC4)c(=O)c2=O)CO3)s1.O=C(O)C(F)(F)F. The minimum atomic E-state index is -5.08. The summed E-state index contributed by atoms with van der Waals surface area (Å²) in [5.41, 5.74) is -1.32. The molecule has 1 aliphatic carbocycles. The molecule has 0 aromatic carbocycles. The van der Waals surface area contributed by atoms with Crippen molar-refractivity contribution in [3.8, 4) is 0 Å².